The Morgan fingerprint density at radius 2 is 1.86 bits per heavy atom. The van der Waals surface area contributed by atoms with E-state index < -0.39 is 0 Å². The van der Waals surface area contributed by atoms with Gasteiger partial charge in [-0.25, -0.2) is 0 Å². The Bertz CT molecular complexity index is 475. The van der Waals surface area contributed by atoms with Crippen molar-refractivity contribution >= 4 is 11.8 Å². The van der Waals surface area contributed by atoms with Gasteiger partial charge in [0.05, 0.1) is 0 Å². The van der Waals surface area contributed by atoms with E-state index in [2.05, 4.69) is 10.6 Å². The van der Waals surface area contributed by atoms with E-state index in [1.165, 1.54) is 0 Å². The van der Waals surface area contributed by atoms with Crippen molar-refractivity contribution in [1.82, 2.24) is 10.6 Å². The maximum absolute atomic E-state index is 11.8. The molecule has 0 saturated heterocycles. The Morgan fingerprint density at radius 3 is 2.59 bits per heavy atom. The largest absolute Gasteiger partial charge is 0.352 e. The maximum Gasteiger partial charge on any atom is 0.251 e. The van der Waals surface area contributed by atoms with Crippen LogP contribution in [-0.2, 0) is 11.3 Å². The highest BCUT2D eigenvalue weighted by molar-refractivity contribution is 5.94. The zero-order valence-corrected chi connectivity index (χ0v) is 13.4. The van der Waals surface area contributed by atoms with Crippen LogP contribution in [0, 0.1) is 0 Å². The average molecular weight is 305 g/mol. The first-order valence-corrected chi connectivity index (χ1v) is 8.01. The van der Waals surface area contributed by atoms with Crippen molar-refractivity contribution in [2.75, 3.05) is 13.1 Å². The van der Waals surface area contributed by atoms with Gasteiger partial charge in [-0.3, -0.25) is 9.59 Å². The molecule has 122 valence electrons. The van der Waals surface area contributed by atoms with Crippen LogP contribution in [0.1, 0.15) is 54.9 Å². The molecule has 0 atom stereocenters. The Labute approximate surface area is 132 Å². The molecule has 0 radical (unpaired) electrons. The average Bonchev–Trinajstić information content (AvgIpc) is 2.53. The maximum atomic E-state index is 11.8. The fourth-order valence-electron chi connectivity index (χ4n) is 2.16. The summed E-state index contributed by atoms with van der Waals surface area (Å²) in [5.41, 5.74) is 6.98. The standard InChI is InChI=1S/C17H27N3O2/c1-2-19-17(22)15-9-7-8-14(12-15)13-20-16(21)10-5-3-4-6-11-18/h7-9,12H,2-6,10-11,13,18H2,1H3,(H,19,22)(H,20,21). The molecule has 0 aliphatic heterocycles. The van der Waals surface area contributed by atoms with Crippen LogP contribution in [0.2, 0.25) is 0 Å². The second-order valence-corrected chi connectivity index (χ2v) is 5.29. The van der Waals surface area contributed by atoms with Gasteiger partial charge in [-0.15, -0.1) is 0 Å². The summed E-state index contributed by atoms with van der Waals surface area (Å²) < 4.78 is 0. The zero-order valence-electron chi connectivity index (χ0n) is 13.4. The molecule has 0 bridgehead atoms. The molecular weight excluding hydrogens is 278 g/mol. The lowest BCUT2D eigenvalue weighted by atomic mass is 10.1. The molecule has 1 rings (SSSR count). The molecule has 5 nitrogen and oxygen atoms in total. The zero-order chi connectivity index (χ0) is 16.2. The topological polar surface area (TPSA) is 84.2 Å². The summed E-state index contributed by atoms with van der Waals surface area (Å²) >= 11 is 0. The Morgan fingerprint density at radius 1 is 1.09 bits per heavy atom. The fourth-order valence-corrected chi connectivity index (χ4v) is 2.16. The summed E-state index contributed by atoms with van der Waals surface area (Å²) in [5.74, 6) is -0.0354. The molecule has 0 aromatic heterocycles. The predicted octanol–water partition coefficient (Wildman–Crippen LogP) is 1.96. The van der Waals surface area contributed by atoms with Gasteiger partial charge in [-0.05, 0) is 44.0 Å². The Hall–Kier alpha value is -1.88. The summed E-state index contributed by atoms with van der Waals surface area (Å²) in [6, 6.07) is 7.32. The van der Waals surface area contributed by atoms with E-state index in [0.29, 0.717) is 31.6 Å². The number of benzene rings is 1. The van der Waals surface area contributed by atoms with E-state index in [0.717, 1.165) is 31.2 Å². The number of carbonyl (C=O) groups excluding carboxylic acids is 2. The third kappa shape index (κ3) is 7.22. The van der Waals surface area contributed by atoms with E-state index in [-0.39, 0.29) is 11.8 Å². The van der Waals surface area contributed by atoms with Gasteiger partial charge < -0.3 is 16.4 Å². The molecule has 1 aromatic rings. The number of nitrogens with two attached hydrogens (primary N) is 1. The number of hydrogen-bond acceptors (Lipinski definition) is 3. The SMILES string of the molecule is CCNC(=O)c1cccc(CNC(=O)CCCCCCN)c1. The quantitative estimate of drug-likeness (QED) is 0.578. The number of rotatable bonds is 10. The van der Waals surface area contributed by atoms with E-state index in [1.807, 2.05) is 25.1 Å². The molecular formula is C17H27N3O2. The van der Waals surface area contributed by atoms with Gasteiger partial charge in [0.25, 0.3) is 5.91 Å². The molecule has 0 aliphatic carbocycles. The molecule has 5 heteroatoms. The minimum Gasteiger partial charge on any atom is -0.352 e. The first-order valence-electron chi connectivity index (χ1n) is 8.01. The first kappa shape index (κ1) is 18.2. The minimum atomic E-state index is -0.0874. The van der Waals surface area contributed by atoms with Gasteiger partial charge in [-0.1, -0.05) is 25.0 Å². The number of amides is 2. The molecule has 1 aromatic carbocycles. The molecule has 0 unspecified atom stereocenters. The molecule has 0 heterocycles. The van der Waals surface area contributed by atoms with E-state index in [4.69, 9.17) is 5.73 Å². The Kier molecular flexibility index (Phi) is 8.91. The molecule has 22 heavy (non-hydrogen) atoms. The lowest BCUT2D eigenvalue weighted by molar-refractivity contribution is -0.121. The normalized spacial score (nSPS) is 10.3. The molecule has 0 saturated carbocycles. The highest BCUT2D eigenvalue weighted by Gasteiger charge is 2.06. The lowest BCUT2D eigenvalue weighted by Gasteiger charge is -2.07. The lowest BCUT2D eigenvalue weighted by Crippen LogP contribution is -2.24. The van der Waals surface area contributed by atoms with Crippen molar-refractivity contribution in [3.05, 3.63) is 35.4 Å². The van der Waals surface area contributed by atoms with Crippen molar-refractivity contribution in [3.8, 4) is 0 Å². The summed E-state index contributed by atoms with van der Waals surface area (Å²) in [5, 5.41) is 5.66. The van der Waals surface area contributed by atoms with Gasteiger partial charge >= 0.3 is 0 Å². The van der Waals surface area contributed by atoms with Crippen LogP contribution < -0.4 is 16.4 Å². The van der Waals surface area contributed by atoms with Crippen LogP contribution in [0.15, 0.2) is 24.3 Å². The summed E-state index contributed by atoms with van der Waals surface area (Å²) in [4.78, 5) is 23.5. The van der Waals surface area contributed by atoms with Crippen molar-refractivity contribution in [2.45, 2.75) is 45.6 Å². The highest BCUT2D eigenvalue weighted by atomic mass is 16.2. The number of hydrogen-bond donors (Lipinski definition) is 3. The van der Waals surface area contributed by atoms with Gasteiger partial charge in [0.1, 0.15) is 0 Å². The first-order chi connectivity index (χ1) is 10.7. The van der Waals surface area contributed by atoms with Gasteiger partial charge in [-0.2, -0.15) is 0 Å². The van der Waals surface area contributed by atoms with E-state index >= 15 is 0 Å². The number of nitrogens with one attached hydrogen (secondary N) is 2. The van der Waals surface area contributed by atoms with Crippen molar-refractivity contribution < 1.29 is 9.59 Å². The molecule has 2 amide bonds. The van der Waals surface area contributed by atoms with Crippen molar-refractivity contribution in [2.24, 2.45) is 5.73 Å². The second-order valence-electron chi connectivity index (χ2n) is 5.29. The van der Waals surface area contributed by atoms with Crippen molar-refractivity contribution in [1.29, 1.82) is 0 Å². The summed E-state index contributed by atoms with van der Waals surface area (Å²) in [7, 11) is 0. The van der Waals surface area contributed by atoms with Crippen LogP contribution >= 0.6 is 0 Å². The third-order valence-electron chi connectivity index (χ3n) is 3.37. The van der Waals surface area contributed by atoms with Gasteiger partial charge in [0, 0.05) is 25.1 Å². The van der Waals surface area contributed by atoms with E-state index in [9.17, 15) is 9.59 Å². The molecule has 0 fully saturated rings. The van der Waals surface area contributed by atoms with E-state index in [1.54, 1.807) is 6.07 Å². The fraction of sp³-hybridized carbons (Fsp3) is 0.529. The minimum absolute atomic E-state index is 0.0520. The monoisotopic (exact) mass is 305 g/mol. The highest BCUT2D eigenvalue weighted by Crippen LogP contribution is 2.06. The van der Waals surface area contributed by atoms with Crippen LogP contribution in [0.25, 0.3) is 0 Å². The summed E-state index contributed by atoms with van der Waals surface area (Å²) in [6.45, 7) is 3.66. The molecule has 0 aliphatic rings. The summed E-state index contributed by atoms with van der Waals surface area (Å²) in [6.07, 6.45) is 4.58. The number of carbonyl (C=O) groups is 2. The third-order valence-corrected chi connectivity index (χ3v) is 3.37. The van der Waals surface area contributed by atoms with Crippen LogP contribution in [-0.4, -0.2) is 24.9 Å². The smallest absolute Gasteiger partial charge is 0.251 e. The van der Waals surface area contributed by atoms with Crippen LogP contribution in [0.4, 0.5) is 0 Å². The molecule has 4 N–H and O–H groups in total. The van der Waals surface area contributed by atoms with Crippen molar-refractivity contribution in [3.63, 3.8) is 0 Å². The number of unbranched alkanes of at least 4 members (excludes halogenated alkanes) is 3. The van der Waals surface area contributed by atoms with Gasteiger partial charge in [0.15, 0.2) is 0 Å². The molecule has 0 spiro atoms. The predicted molar refractivity (Wildman–Crippen MR) is 88.4 cm³/mol. The van der Waals surface area contributed by atoms with Crippen LogP contribution in [0.5, 0.6) is 0 Å². The van der Waals surface area contributed by atoms with Gasteiger partial charge in [0.2, 0.25) is 5.91 Å². The Balaban J connectivity index is 2.33. The van der Waals surface area contributed by atoms with Crippen LogP contribution in [0.3, 0.4) is 0 Å². The second kappa shape index (κ2) is 10.8.